The zero-order chi connectivity index (χ0) is 22.4. The fourth-order valence-electron chi connectivity index (χ4n) is 3.71. The fraction of sp³-hybridized carbons (Fsp3) is 0.304. The number of hydrogen-bond donors (Lipinski definition) is 3. The van der Waals surface area contributed by atoms with Gasteiger partial charge in [0.15, 0.2) is 0 Å². The van der Waals surface area contributed by atoms with Gasteiger partial charge in [0.1, 0.15) is 12.1 Å². The summed E-state index contributed by atoms with van der Waals surface area (Å²) in [5, 5.41) is 21.4. The van der Waals surface area contributed by atoms with Crippen molar-refractivity contribution in [1.29, 1.82) is 0 Å². The number of carboxylic acid groups (broad SMARTS) is 2. The van der Waals surface area contributed by atoms with Crippen LogP contribution in [0.5, 0.6) is 0 Å². The molecular formula is C23H24N2O6. The van der Waals surface area contributed by atoms with Crippen LogP contribution in [0, 0.1) is 0 Å². The molecule has 0 bridgehead atoms. The summed E-state index contributed by atoms with van der Waals surface area (Å²) < 4.78 is 0. The highest BCUT2D eigenvalue weighted by atomic mass is 16.4. The van der Waals surface area contributed by atoms with E-state index in [-0.39, 0.29) is 25.7 Å². The molecule has 2 amide bonds. The molecule has 0 unspecified atom stereocenters. The van der Waals surface area contributed by atoms with Gasteiger partial charge in [0.25, 0.3) is 0 Å². The van der Waals surface area contributed by atoms with Crippen LogP contribution in [0.25, 0.3) is 0 Å². The SMILES string of the molecule is O=C(CCc1ccccc1)N[C@H](CCC(=O)N1c2ccccc2C[C@H]1C(=O)O)C(=O)O. The first-order chi connectivity index (χ1) is 14.9. The van der Waals surface area contributed by atoms with Crippen LogP contribution in [-0.2, 0) is 32.0 Å². The third kappa shape index (κ3) is 5.48. The van der Waals surface area contributed by atoms with Gasteiger partial charge < -0.3 is 15.5 Å². The summed E-state index contributed by atoms with van der Waals surface area (Å²) in [5.41, 5.74) is 2.25. The van der Waals surface area contributed by atoms with Crippen molar-refractivity contribution in [2.45, 2.75) is 44.2 Å². The summed E-state index contributed by atoms with van der Waals surface area (Å²) in [6, 6.07) is 14.0. The van der Waals surface area contributed by atoms with Crippen LogP contribution in [0.4, 0.5) is 5.69 Å². The Bertz CT molecular complexity index is 975. The number of hydrogen-bond acceptors (Lipinski definition) is 4. The summed E-state index contributed by atoms with van der Waals surface area (Å²) in [5.74, 6) is -3.26. The highest BCUT2D eigenvalue weighted by Crippen LogP contribution is 2.32. The van der Waals surface area contributed by atoms with Crippen molar-refractivity contribution in [2.75, 3.05) is 4.90 Å². The summed E-state index contributed by atoms with van der Waals surface area (Å²) in [4.78, 5) is 49.4. The van der Waals surface area contributed by atoms with Gasteiger partial charge in [-0.3, -0.25) is 14.5 Å². The Morgan fingerprint density at radius 1 is 0.968 bits per heavy atom. The molecule has 0 radical (unpaired) electrons. The summed E-state index contributed by atoms with van der Waals surface area (Å²) in [6.45, 7) is 0. The zero-order valence-corrected chi connectivity index (χ0v) is 16.9. The van der Waals surface area contributed by atoms with Crippen molar-refractivity contribution < 1.29 is 29.4 Å². The fourth-order valence-corrected chi connectivity index (χ4v) is 3.71. The standard InChI is InChI=1S/C23H24N2O6/c26-20(12-10-15-6-2-1-3-7-15)24-17(22(28)29)11-13-21(27)25-18-9-5-4-8-16(18)14-19(25)23(30)31/h1-9,17,19H,10-14H2,(H,24,26)(H,28,29)(H,30,31)/t17-,19+/m1/s1. The van der Waals surface area contributed by atoms with Gasteiger partial charge >= 0.3 is 11.9 Å². The van der Waals surface area contributed by atoms with Crippen LogP contribution in [0.2, 0.25) is 0 Å². The topological polar surface area (TPSA) is 124 Å². The molecule has 8 nitrogen and oxygen atoms in total. The monoisotopic (exact) mass is 424 g/mol. The maximum Gasteiger partial charge on any atom is 0.327 e. The molecule has 1 aliphatic rings. The summed E-state index contributed by atoms with van der Waals surface area (Å²) >= 11 is 0. The number of carbonyl (C=O) groups excluding carboxylic acids is 2. The Labute approximate surface area is 179 Å². The third-order valence-corrected chi connectivity index (χ3v) is 5.29. The van der Waals surface area contributed by atoms with Crippen molar-refractivity contribution in [1.82, 2.24) is 5.32 Å². The van der Waals surface area contributed by atoms with Crippen molar-refractivity contribution in [2.24, 2.45) is 0 Å². The summed E-state index contributed by atoms with van der Waals surface area (Å²) in [6.07, 6.45) is 0.477. The van der Waals surface area contributed by atoms with Crippen molar-refractivity contribution in [3.8, 4) is 0 Å². The number of rotatable bonds is 9. The molecule has 3 N–H and O–H groups in total. The quantitative estimate of drug-likeness (QED) is 0.566. The van der Waals surface area contributed by atoms with Crippen molar-refractivity contribution >= 4 is 29.4 Å². The number of para-hydroxylation sites is 1. The third-order valence-electron chi connectivity index (χ3n) is 5.29. The first-order valence-electron chi connectivity index (χ1n) is 10.1. The van der Waals surface area contributed by atoms with E-state index in [1.54, 1.807) is 24.3 Å². The van der Waals surface area contributed by atoms with E-state index in [0.717, 1.165) is 11.1 Å². The van der Waals surface area contributed by atoms with Gasteiger partial charge in [-0.05, 0) is 30.0 Å². The number of benzene rings is 2. The predicted octanol–water partition coefficient (Wildman–Crippen LogP) is 2.01. The number of nitrogens with zero attached hydrogens (tertiary/aromatic N) is 1. The molecule has 0 saturated carbocycles. The second-order valence-corrected chi connectivity index (χ2v) is 7.43. The maximum absolute atomic E-state index is 12.8. The van der Waals surface area contributed by atoms with Crippen LogP contribution in [-0.4, -0.2) is 46.0 Å². The van der Waals surface area contributed by atoms with Gasteiger partial charge in [0.2, 0.25) is 11.8 Å². The minimum Gasteiger partial charge on any atom is -0.480 e. The molecular weight excluding hydrogens is 400 g/mol. The number of nitrogens with one attached hydrogen (secondary N) is 1. The molecule has 162 valence electrons. The number of carbonyl (C=O) groups is 4. The van der Waals surface area contributed by atoms with Crippen molar-refractivity contribution in [3.05, 3.63) is 65.7 Å². The number of carboxylic acids is 2. The van der Waals surface area contributed by atoms with E-state index in [0.29, 0.717) is 12.1 Å². The lowest BCUT2D eigenvalue weighted by Crippen LogP contribution is -2.45. The Balaban J connectivity index is 1.59. The number of aryl methyl sites for hydroxylation is 1. The number of aliphatic carboxylic acids is 2. The van der Waals surface area contributed by atoms with E-state index in [9.17, 15) is 29.4 Å². The van der Waals surface area contributed by atoms with E-state index in [1.165, 1.54) is 4.90 Å². The van der Waals surface area contributed by atoms with Crippen LogP contribution in [0.3, 0.4) is 0 Å². The molecule has 8 heteroatoms. The van der Waals surface area contributed by atoms with E-state index >= 15 is 0 Å². The maximum atomic E-state index is 12.8. The van der Waals surface area contributed by atoms with E-state index in [1.807, 2.05) is 30.3 Å². The molecule has 0 aliphatic carbocycles. The van der Waals surface area contributed by atoms with Gasteiger partial charge in [-0.25, -0.2) is 9.59 Å². The van der Waals surface area contributed by atoms with Gasteiger partial charge in [-0.15, -0.1) is 0 Å². The van der Waals surface area contributed by atoms with Crippen LogP contribution in [0.15, 0.2) is 54.6 Å². The van der Waals surface area contributed by atoms with Crippen LogP contribution < -0.4 is 10.2 Å². The largest absolute Gasteiger partial charge is 0.480 e. The first kappa shape index (κ1) is 22.0. The second-order valence-electron chi connectivity index (χ2n) is 7.43. The lowest BCUT2D eigenvalue weighted by Gasteiger charge is -2.23. The number of fused-ring (bicyclic) bond motifs is 1. The molecule has 31 heavy (non-hydrogen) atoms. The molecule has 2 atom stereocenters. The molecule has 2 aromatic carbocycles. The van der Waals surface area contributed by atoms with Gasteiger partial charge in [0, 0.05) is 24.9 Å². The number of amides is 2. The average Bonchev–Trinajstić information content (AvgIpc) is 3.15. The Morgan fingerprint density at radius 3 is 2.32 bits per heavy atom. The predicted molar refractivity (Wildman–Crippen MR) is 113 cm³/mol. The second kappa shape index (κ2) is 9.88. The zero-order valence-electron chi connectivity index (χ0n) is 16.9. The van der Waals surface area contributed by atoms with Gasteiger partial charge in [-0.2, -0.15) is 0 Å². The van der Waals surface area contributed by atoms with Crippen molar-refractivity contribution in [3.63, 3.8) is 0 Å². The molecule has 0 saturated heterocycles. The Kier molecular flexibility index (Phi) is 7.02. The molecule has 1 aliphatic heterocycles. The molecule has 0 aromatic heterocycles. The van der Waals surface area contributed by atoms with Crippen LogP contribution in [0.1, 0.15) is 30.4 Å². The van der Waals surface area contributed by atoms with Gasteiger partial charge in [0.05, 0.1) is 0 Å². The lowest BCUT2D eigenvalue weighted by molar-refractivity contribution is -0.142. The minimum atomic E-state index is -1.24. The minimum absolute atomic E-state index is 0.127. The number of anilines is 1. The molecule has 1 heterocycles. The van der Waals surface area contributed by atoms with Crippen LogP contribution >= 0.6 is 0 Å². The highest BCUT2D eigenvalue weighted by Gasteiger charge is 2.38. The average molecular weight is 424 g/mol. The van der Waals surface area contributed by atoms with E-state index in [4.69, 9.17) is 0 Å². The summed E-state index contributed by atoms with van der Waals surface area (Å²) in [7, 11) is 0. The molecule has 2 aromatic rings. The smallest absolute Gasteiger partial charge is 0.327 e. The van der Waals surface area contributed by atoms with E-state index in [2.05, 4.69) is 5.32 Å². The highest BCUT2D eigenvalue weighted by molar-refractivity contribution is 6.02. The lowest BCUT2D eigenvalue weighted by atomic mass is 10.1. The molecule has 0 fully saturated rings. The Hall–Kier alpha value is -3.68. The first-order valence-corrected chi connectivity index (χ1v) is 10.1. The Morgan fingerprint density at radius 2 is 1.65 bits per heavy atom. The van der Waals surface area contributed by atoms with Gasteiger partial charge in [-0.1, -0.05) is 48.5 Å². The molecule has 3 rings (SSSR count). The normalized spacial score (nSPS) is 15.7. The van der Waals surface area contributed by atoms with E-state index < -0.39 is 35.8 Å². The molecule has 0 spiro atoms.